The van der Waals surface area contributed by atoms with E-state index in [9.17, 15) is 8.78 Å². The molecular formula is C37H32F2S2. The van der Waals surface area contributed by atoms with Crippen LogP contribution in [0.1, 0.15) is 26.4 Å². The maximum Gasteiger partial charge on any atom is 0.132 e. The van der Waals surface area contributed by atoms with Crippen LogP contribution in [0.3, 0.4) is 0 Å². The summed E-state index contributed by atoms with van der Waals surface area (Å²) in [6, 6.07) is 33.3. The second-order valence-electron chi connectivity index (χ2n) is 10.4. The quantitative estimate of drug-likeness (QED) is 0.195. The summed E-state index contributed by atoms with van der Waals surface area (Å²) in [5.74, 6) is -0.320. The van der Waals surface area contributed by atoms with Gasteiger partial charge in [0.2, 0.25) is 0 Å². The molecule has 0 aliphatic carbocycles. The number of hydrogen-bond donors (Lipinski definition) is 0. The van der Waals surface area contributed by atoms with Gasteiger partial charge in [0.05, 0.1) is 0 Å². The molecule has 0 bridgehead atoms. The molecule has 6 aromatic rings. The van der Waals surface area contributed by atoms with Crippen LogP contribution in [0.2, 0.25) is 0 Å². The minimum Gasteiger partial charge on any atom is -0.206 e. The Morgan fingerprint density at radius 1 is 0.439 bits per heavy atom. The highest BCUT2D eigenvalue weighted by Crippen LogP contribution is 2.35. The van der Waals surface area contributed by atoms with E-state index in [2.05, 4.69) is 26.8 Å². The lowest BCUT2D eigenvalue weighted by Gasteiger charge is -2.06. The Kier molecular flexibility index (Phi) is 8.63. The molecule has 2 heterocycles. The number of rotatable bonds is 4. The Balaban J connectivity index is 0.000000165. The van der Waals surface area contributed by atoms with E-state index in [4.69, 9.17) is 0 Å². The lowest BCUT2D eigenvalue weighted by atomic mass is 10.0. The summed E-state index contributed by atoms with van der Waals surface area (Å²) in [5.41, 5.74) is 8.93. The smallest absolute Gasteiger partial charge is 0.132 e. The van der Waals surface area contributed by atoms with Gasteiger partial charge < -0.3 is 0 Å². The van der Waals surface area contributed by atoms with E-state index in [1.54, 1.807) is 34.8 Å². The molecule has 0 amide bonds. The van der Waals surface area contributed by atoms with Crippen LogP contribution in [0.5, 0.6) is 0 Å². The van der Waals surface area contributed by atoms with Gasteiger partial charge in [0.25, 0.3) is 0 Å². The van der Waals surface area contributed by atoms with E-state index < -0.39 is 0 Å². The fourth-order valence-corrected chi connectivity index (χ4v) is 6.52. The zero-order chi connectivity index (χ0) is 29.1. The molecule has 0 saturated heterocycles. The van der Waals surface area contributed by atoms with Crippen molar-refractivity contribution < 1.29 is 8.78 Å². The Bertz CT molecular complexity index is 1770. The summed E-state index contributed by atoms with van der Waals surface area (Å²) in [6.45, 7) is 10.3. The molecule has 0 aliphatic rings. The predicted molar refractivity (Wildman–Crippen MR) is 174 cm³/mol. The van der Waals surface area contributed by atoms with Crippen molar-refractivity contribution in [3.05, 3.63) is 141 Å². The molecular weight excluding hydrogens is 547 g/mol. The lowest BCUT2D eigenvalue weighted by molar-refractivity contribution is 0.632. The lowest BCUT2D eigenvalue weighted by Crippen LogP contribution is -1.85. The fourth-order valence-electron chi connectivity index (χ4n) is 4.57. The van der Waals surface area contributed by atoms with Gasteiger partial charge in [-0.1, -0.05) is 71.8 Å². The average molecular weight is 579 g/mol. The Labute approximate surface area is 249 Å². The van der Waals surface area contributed by atoms with E-state index in [1.807, 2.05) is 98.8 Å². The molecule has 0 nitrogen and oxygen atoms in total. The SMILES string of the molecule is Cc1ccc(-c2ccc(-c3cc(C)c(C)s3)c(F)c2)cc1.Cc1ccc(-c2ccc(-c3ccc(C)s3)c(F)c2)cc1. The third-order valence-electron chi connectivity index (χ3n) is 7.15. The molecule has 2 aromatic heterocycles. The van der Waals surface area contributed by atoms with Crippen molar-refractivity contribution in [3.8, 4) is 43.1 Å². The number of thiophene rings is 2. The monoisotopic (exact) mass is 578 g/mol. The van der Waals surface area contributed by atoms with Crippen LogP contribution in [-0.2, 0) is 0 Å². The van der Waals surface area contributed by atoms with E-state index in [0.717, 1.165) is 32.0 Å². The van der Waals surface area contributed by atoms with Crippen LogP contribution >= 0.6 is 22.7 Å². The zero-order valence-electron chi connectivity index (χ0n) is 23.9. The molecule has 4 heteroatoms. The van der Waals surface area contributed by atoms with Crippen molar-refractivity contribution in [1.29, 1.82) is 0 Å². The van der Waals surface area contributed by atoms with Gasteiger partial charge in [-0.3, -0.25) is 0 Å². The summed E-state index contributed by atoms with van der Waals surface area (Å²) in [4.78, 5) is 4.42. The molecule has 0 spiro atoms. The number of halogens is 2. The van der Waals surface area contributed by atoms with Gasteiger partial charge in [-0.2, -0.15) is 0 Å². The minimum absolute atomic E-state index is 0.158. The summed E-state index contributed by atoms with van der Waals surface area (Å²) in [5, 5.41) is 0. The number of hydrogen-bond acceptors (Lipinski definition) is 2. The van der Waals surface area contributed by atoms with Crippen LogP contribution in [0, 0.1) is 46.3 Å². The van der Waals surface area contributed by atoms with Crippen molar-refractivity contribution in [2.24, 2.45) is 0 Å². The third kappa shape index (κ3) is 6.73. The molecule has 41 heavy (non-hydrogen) atoms. The summed E-state index contributed by atoms with van der Waals surface area (Å²) in [7, 11) is 0. The van der Waals surface area contributed by atoms with Crippen molar-refractivity contribution in [2.75, 3.05) is 0 Å². The van der Waals surface area contributed by atoms with Crippen molar-refractivity contribution in [2.45, 2.75) is 34.6 Å². The molecule has 0 aliphatic heterocycles. The first-order chi connectivity index (χ1) is 19.7. The minimum atomic E-state index is -0.162. The highest BCUT2D eigenvalue weighted by atomic mass is 32.1. The zero-order valence-corrected chi connectivity index (χ0v) is 25.5. The Morgan fingerprint density at radius 3 is 1.29 bits per heavy atom. The molecule has 0 saturated carbocycles. The van der Waals surface area contributed by atoms with Crippen LogP contribution < -0.4 is 0 Å². The van der Waals surface area contributed by atoms with Crippen LogP contribution in [-0.4, -0.2) is 0 Å². The van der Waals surface area contributed by atoms with Gasteiger partial charge in [0, 0.05) is 30.6 Å². The first-order valence-electron chi connectivity index (χ1n) is 13.6. The van der Waals surface area contributed by atoms with Gasteiger partial charge in [0.15, 0.2) is 0 Å². The first kappa shape index (κ1) is 28.7. The van der Waals surface area contributed by atoms with Crippen LogP contribution in [0.15, 0.2) is 103 Å². The van der Waals surface area contributed by atoms with Gasteiger partial charge >= 0.3 is 0 Å². The average Bonchev–Trinajstić information content (AvgIpc) is 3.54. The van der Waals surface area contributed by atoms with Gasteiger partial charge in [-0.05, 0) is 105 Å². The molecule has 0 N–H and O–H groups in total. The first-order valence-corrected chi connectivity index (χ1v) is 15.2. The van der Waals surface area contributed by atoms with Crippen LogP contribution in [0.25, 0.3) is 43.1 Å². The maximum atomic E-state index is 14.4. The summed E-state index contributed by atoms with van der Waals surface area (Å²) < 4.78 is 28.8. The van der Waals surface area contributed by atoms with E-state index in [0.29, 0.717) is 11.1 Å². The van der Waals surface area contributed by atoms with Gasteiger partial charge in [0.1, 0.15) is 11.6 Å². The molecule has 6 rings (SSSR count). The van der Waals surface area contributed by atoms with E-state index in [1.165, 1.54) is 26.4 Å². The standard InChI is InChI=1S/C19H17FS.C18H15FS/c1-12-4-6-15(7-5-12)16-8-9-17(18(20)11-16)19-10-13(2)14(3)21-19;1-12-3-6-14(7-4-12)15-8-9-16(17(19)11-15)18-10-5-13(2)20-18/h4-11H,1-3H3;3-11H,1-2H3. The topological polar surface area (TPSA) is 0 Å². The Hall–Kier alpha value is -3.86. The normalized spacial score (nSPS) is 10.8. The summed E-state index contributed by atoms with van der Waals surface area (Å²) in [6.07, 6.45) is 0. The number of aryl methyl sites for hydroxylation is 5. The van der Waals surface area contributed by atoms with Crippen molar-refractivity contribution >= 4 is 22.7 Å². The molecule has 0 fully saturated rings. The third-order valence-corrected chi connectivity index (χ3v) is 9.37. The molecule has 0 radical (unpaired) electrons. The van der Waals surface area contributed by atoms with Crippen molar-refractivity contribution in [3.63, 3.8) is 0 Å². The molecule has 4 aromatic carbocycles. The second-order valence-corrected chi connectivity index (χ2v) is 12.9. The van der Waals surface area contributed by atoms with Gasteiger partial charge in [-0.25, -0.2) is 8.78 Å². The molecule has 0 unspecified atom stereocenters. The molecule has 0 atom stereocenters. The van der Waals surface area contributed by atoms with E-state index in [-0.39, 0.29) is 11.6 Å². The fraction of sp³-hybridized carbons (Fsp3) is 0.135. The second kappa shape index (κ2) is 12.3. The Morgan fingerprint density at radius 2 is 0.902 bits per heavy atom. The maximum absolute atomic E-state index is 14.4. The summed E-state index contributed by atoms with van der Waals surface area (Å²) >= 11 is 3.26. The van der Waals surface area contributed by atoms with E-state index >= 15 is 0 Å². The van der Waals surface area contributed by atoms with Crippen molar-refractivity contribution in [1.82, 2.24) is 0 Å². The number of benzene rings is 4. The van der Waals surface area contributed by atoms with Crippen LogP contribution in [0.4, 0.5) is 8.78 Å². The predicted octanol–water partition coefficient (Wildman–Crippen LogP) is 12.0. The highest BCUT2D eigenvalue weighted by molar-refractivity contribution is 7.15. The highest BCUT2D eigenvalue weighted by Gasteiger charge is 2.11. The van der Waals surface area contributed by atoms with Gasteiger partial charge in [-0.15, -0.1) is 22.7 Å². The molecule has 206 valence electrons. The largest absolute Gasteiger partial charge is 0.206 e.